The van der Waals surface area contributed by atoms with Gasteiger partial charge in [-0.05, 0) is 67.1 Å². The summed E-state index contributed by atoms with van der Waals surface area (Å²) in [7, 11) is 2.03. The zero-order valence-corrected chi connectivity index (χ0v) is 15.3. The van der Waals surface area contributed by atoms with E-state index >= 15 is 0 Å². The SMILES string of the molecule is CNC(c1ccc2c(c1)CCCC2)c1ccc(Br)cc1Br. The van der Waals surface area contributed by atoms with Crippen molar-refractivity contribution >= 4 is 31.9 Å². The summed E-state index contributed by atoms with van der Waals surface area (Å²) in [6.45, 7) is 0. The molecule has 0 heterocycles. The Morgan fingerprint density at radius 2 is 1.71 bits per heavy atom. The summed E-state index contributed by atoms with van der Waals surface area (Å²) in [6.07, 6.45) is 5.12. The molecule has 0 saturated carbocycles. The first-order chi connectivity index (χ1) is 10.2. The van der Waals surface area contributed by atoms with Crippen molar-refractivity contribution in [3.63, 3.8) is 0 Å². The molecule has 2 aromatic carbocycles. The number of hydrogen-bond acceptors (Lipinski definition) is 1. The van der Waals surface area contributed by atoms with Crippen molar-refractivity contribution in [1.82, 2.24) is 5.32 Å². The number of benzene rings is 2. The third-order valence-corrected chi connectivity index (χ3v) is 5.45. The van der Waals surface area contributed by atoms with Crippen LogP contribution < -0.4 is 5.32 Å². The minimum absolute atomic E-state index is 0.222. The van der Waals surface area contributed by atoms with Crippen LogP contribution in [0.1, 0.15) is 41.1 Å². The molecule has 0 aromatic heterocycles. The molecular formula is C18H19Br2N. The summed E-state index contributed by atoms with van der Waals surface area (Å²) in [4.78, 5) is 0. The van der Waals surface area contributed by atoms with Gasteiger partial charge in [-0.3, -0.25) is 0 Å². The van der Waals surface area contributed by atoms with Crippen LogP contribution in [0.3, 0.4) is 0 Å². The molecule has 1 aliphatic rings. The maximum Gasteiger partial charge on any atom is 0.0585 e. The summed E-state index contributed by atoms with van der Waals surface area (Å²) in [5, 5.41) is 3.46. The van der Waals surface area contributed by atoms with E-state index in [4.69, 9.17) is 0 Å². The maximum absolute atomic E-state index is 3.69. The maximum atomic E-state index is 3.69. The monoisotopic (exact) mass is 407 g/mol. The van der Waals surface area contributed by atoms with Gasteiger partial charge in [0.1, 0.15) is 0 Å². The van der Waals surface area contributed by atoms with Crippen molar-refractivity contribution in [3.05, 3.63) is 67.6 Å². The molecule has 110 valence electrons. The molecule has 0 amide bonds. The third-order valence-electron chi connectivity index (χ3n) is 4.27. The Kier molecular flexibility index (Phi) is 4.82. The van der Waals surface area contributed by atoms with Crippen molar-refractivity contribution in [2.75, 3.05) is 7.05 Å². The molecule has 21 heavy (non-hydrogen) atoms. The molecule has 1 atom stereocenters. The summed E-state index contributed by atoms with van der Waals surface area (Å²) in [5.74, 6) is 0. The van der Waals surface area contributed by atoms with E-state index in [-0.39, 0.29) is 6.04 Å². The lowest BCUT2D eigenvalue weighted by atomic mass is 9.88. The van der Waals surface area contributed by atoms with Crippen LogP contribution in [-0.4, -0.2) is 7.05 Å². The first kappa shape index (κ1) is 15.3. The summed E-state index contributed by atoms with van der Waals surface area (Å²) < 4.78 is 2.23. The van der Waals surface area contributed by atoms with Gasteiger partial charge in [0.25, 0.3) is 0 Å². The van der Waals surface area contributed by atoms with E-state index in [1.807, 2.05) is 7.05 Å². The first-order valence-corrected chi connectivity index (χ1v) is 9.01. The van der Waals surface area contributed by atoms with Gasteiger partial charge in [0.2, 0.25) is 0 Å². The Balaban J connectivity index is 1.99. The Morgan fingerprint density at radius 3 is 2.43 bits per heavy atom. The summed E-state index contributed by atoms with van der Waals surface area (Å²) in [6, 6.07) is 13.6. The molecule has 0 fully saturated rings. The van der Waals surface area contributed by atoms with E-state index in [9.17, 15) is 0 Å². The largest absolute Gasteiger partial charge is 0.309 e. The zero-order chi connectivity index (χ0) is 14.8. The highest BCUT2D eigenvalue weighted by atomic mass is 79.9. The minimum atomic E-state index is 0.222. The Bertz CT molecular complexity index is 652. The predicted molar refractivity (Wildman–Crippen MR) is 95.8 cm³/mol. The van der Waals surface area contributed by atoms with Gasteiger partial charge in [-0.15, -0.1) is 0 Å². The van der Waals surface area contributed by atoms with Gasteiger partial charge in [0.05, 0.1) is 6.04 Å². The van der Waals surface area contributed by atoms with Crippen LogP contribution in [0.5, 0.6) is 0 Å². The van der Waals surface area contributed by atoms with Crippen LogP contribution in [0.4, 0.5) is 0 Å². The number of nitrogens with one attached hydrogen (secondary N) is 1. The van der Waals surface area contributed by atoms with Crippen molar-refractivity contribution in [3.8, 4) is 0 Å². The molecule has 0 aliphatic heterocycles. The predicted octanol–water partition coefficient (Wildman–Crippen LogP) is 5.40. The summed E-state index contributed by atoms with van der Waals surface area (Å²) in [5.41, 5.74) is 5.69. The fourth-order valence-corrected chi connectivity index (χ4v) is 4.45. The molecule has 1 unspecified atom stereocenters. The van der Waals surface area contributed by atoms with Crippen LogP contribution in [0.15, 0.2) is 45.3 Å². The highest BCUT2D eigenvalue weighted by molar-refractivity contribution is 9.11. The van der Waals surface area contributed by atoms with Gasteiger partial charge in [-0.2, -0.15) is 0 Å². The van der Waals surface area contributed by atoms with Crippen molar-refractivity contribution in [2.45, 2.75) is 31.7 Å². The lowest BCUT2D eigenvalue weighted by Crippen LogP contribution is -2.19. The topological polar surface area (TPSA) is 12.0 Å². The second kappa shape index (κ2) is 6.64. The second-order valence-corrected chi connectivity index (χ2v) is 7.39. The molecular weight excluding hydrogens is 390 g/mol. The second-order valence-electron chi connectivity index (χ2n) is 5.62. The molecule has 1 aliphatic carbocycles. The number of aryl methyl sites for hydroxylation is 2. The molecule has 1 N–H and O–H groups in total. The lowest BCUT2D eigenvalue weighted by molar-refractivity contribution is 0.666. The normalized spacial score (nSPS) is 15.6. The van der Waals surface area contributed by atoms with Gasteiger partial charge >= 0.3 is 0 Å². The third kappa shape index (κ3) is 3.25. The molecule has 0 saturated heterocycles. The van der Waals surface area contributed by atoms with Crippen LogP contribution in [-0.2, 0) is 12.8 Å². The smallest absolute Gasteiger partial charge is 0.0585 e. The van der Waals surface area contributed by atoms with Crippen molar-refractivity contribution in [1.29, 1.82) is 0 Å². The van der Waals surface area contributed by atoms with Crippen LogP contribution in [0.25, 0.3) is 0 Å². The van der Waals surface area contributed by atoms with Gasteiger partial charge in [-0.1, -0.05) is 56.1 Å². The number of halogens is 2. The van der Waals surface area contributed by atoms with Crippen LogP contribution in [0.2, 0.25) is 0 Å². The molecule has 0 bridgehead atoms. The fraction of sp³-hybridized carbons (Fsp3) is 0.333. The Morgan fingerprint density at radius 1 is 0.952 bits per heavy atom. The van der Waals surface area contributed by atoms with Gasteiger partial charge < -0.3 is 5.32 Å². The van der Waals surface area contributed by atoms with Crippen LogP contribution >= 0.6 is 31.9 Å². The standard InChI is InChI=1S/C18H19Br2N/c1-21-18(16-9-8-15(19)11-17(16)20)14-7-6-12-4-2-3-5-13(12)10-14/h6-11,18,21H,2-5H2,1H3. The highest BCUT2D eigenvalue weighted by Crippen LogP contribution is 2.32. The van der Waals surface area contributed by atoms with E-state index in [1.54, 1.807) is 0 Å². The van der Waals surface area contributed by atoms with Gasteiger partial charge in [0.15, 0.2) is 0 Å². The Hall–Kier alpha value is -0.640. The number of fused-ring (bicyclic) bond motifs is 1. The van der Waals surface area contributed by atoms with E-state index in [1.165, 1.54) is 47.9 Å². The van der Waals surface area contributed by atoms with E-state index in [0.29, 0.717) is 0 Å². The summed E-state index contributed by atoms with van der Waals surface area (Å²) >= 11 is 7.21. The average Bonchev–Trinajstić information content (AvgIpc) is 2.50. The van der Waals surface area contributed by atoms with Crippen molar-refractivity contribution < 1.29 is 0 Å². The van der Waals surface area contributed by atoms with E-state index in [0.717, 1.165) is 8.95 Å². The molecule has 1 nitrogen and oxygen atoms in total. The average molecular weight is 409 g/mol. The molecule has 0 spiro atoms. The van der Waals surface area contributed by atoms with Crippen molar-refractivity contribution in [2.24, 2.45) is 0 Å². The van der Waals surface area contributed by atoms with Gasteiger partial charge in [-0.25, -0.2) is 0 Å². The highest BCUT2D eigenvalue weighted by Gasteiger charge is 2.17. The van der Waals surface area contributed by atoms with Gasteiger partial charge in [0, 0.05) is 8.95 Å². The Labute approximate surface area is 143 Å². The molecule has 0 radical (unpaired) electrons. The zero-order valence-electron chi connectivity index (χ0n) is 12.1. The number of rotatable bonds is 3. The molecule has 3 rings (SSSR count). The fourth-order valence-electron chi connectivity index (χ4n) is 3.17. The first-order valence-electron chi connectivity index (χ1n) is 7.43. The lowest BCUT2D eigenvalue weighted by Gasteiger charge is -2.22. The quantitative estimate of drug-likeness (QED) is 0.716. The van der Waals surface area contributed by atoms with E-state index < -0.39 is 0 Å². The van der Waals surface area contributed by atoms with E-state index in [2.05, 4.69) is 73.6 Å². The minimum Gasteiger partial charge on any atom is -0.309 e. The number of hydrogen-bond donors (Lipinski definition) is 1. The molecule has 3 heteroatoms. The van der Waals surface area contributed by atoms with Crippen LogP contribution in [0, 0.1) is 0 Å². The molecule has 2 aromatic rings.